The number of carbonyl (C=O) groups excluding carboxylic acids is 1. The average molecular weight is 430 g/mol. The van der Waals surface area contributed by atoms with Gasteiger partial charge < -0.3 is 15.2 Å². The van der Waals surface area contributed by atoms with Crippen LogP contribution in [0.3, 0.4) is 0 Å². The quantitative estimate of drug-likeness (QED) is 0.775. The second-order valence-electron chi connectivity index (χ2n) is 4.59. The van der Waals surface area contributed by atoms with Gasteiger partial charge in [-0.15, -0.1) is 0 Å². The van der Waals surface area contributed by atoms with Gasteiger partial charge in [-0.25, -0.2) is 9.78 Å². The summed E-state index contributed by atoms with van der Waals surface area (Å²) in [5, 5.41) is 0. The summed E-state index contributed by atoms with van der Waals surface area (Å²) in [7, 11) is 0. The van der Waals surface area contributed by atoms with Gasteiger partial charge in [-0.1, -0.05) is 29.8 Å². The lowest BCUT2D eigenvalue weighted by atomic mass is 10.1. The molecule has 5 nitrogen and oxygen atoms in total. The van der Waals surface area contributed by atoms with Crippen molar-refractivity contribution in [3.63, 3.8) is 0 Å². The molecule has 0 fully saturated rings. The van der Waals surface area contributed by atoms with E-state index in [0.29, 0.717) is 10.4 Å². The number of benzene rings is 1. The third-order valence-electron chi connectivity index (χ3n) is 2.85. The first kappa shape index (κ1) is 16.8. The molecule has 0 saturated carbocycles. The van der Waals surface area contributed by atoms with Crippen molar-refractivity contribution >= 4 is 38.0 Å². The van der Waals surface area contributed by atoms with Gasteiger partial charge in [0.2, 0.25) is 5.88 Å². The lowest BCUT2D eigenvalue weighted by Gasteiger charge is -2.18. The molecule has 116 valence electrons. The third-order valence-corrected chi connectivity index (χ3v) is 3.85. The van der Waals surface area contributed by atoms with Gasteiger partial charge in [-0.05, 0) is 50.4 Å². The Labute approximate surface area is 145 Å². The Morgan fingerprint density at radius 2 is 2.00 bits per heavy atom. The van der Waals surface area contributed by atoms with Crippen LogP contribution < -0.4 is 10.5 Å². The Balaban J connectivity index is 2.13. The van der Waals surface area contributed by atoms with E-state index in [4.69, 9.17) is 15.2 Å². The number of rotatable bonds is 5. The van der Waals surface area contributed by atoms with Crippen LogP contribution in [0.25, 0.3) is 0 Å². The van der Waals surface area contributed by atoms with Crippen molar-refractivity contribution in [2.45, 2.75) is 13.0 Å². The molecule has 0 aliphatic heterocycles. The van der Waals surface area contributed by atoms with Gasteiger partial charge in [0, 0.05) is 10.7 Å². The number of carbonyl (C=O) groups is 1. The fourth-order valence-corrected chi connectivity index (χ4v) is 2.88. The molecule has 2 rings (SSSR count). The molecule has 0 aliphatic carbocycles. The maximum atomic E-state index is 11.1. The highest BCUT2D eigenvalue weighted by atomic mass is 79.9. The molecule has 7 heteroatoms. The van der Waals surface area contributed by atoms with E-state index in [2.05, 4.69) is 36.8 Å². The Hall–Kier alpha value is -1.60. The summed E-state index contributed by atoms with van der Waals surface area (Å²) in [4.78, 5) is 15.2. The average Bonchev–Trinajstić information content (AvgIpc) is 2.45. The molecule has 0 bridgehead atoms. The molecule has 2 N–H and O–H groups in total. The normalized spacial score (nSPS) is 11.8. The van der Waals surface area contributed by atoms with Gasteiger partial charge >= 0.3 is 6.09 Å². The minimum absolute atomic E-state index is 0.110. The van der Waals surface area contributed by atoms with Gasteiger partial charge in [0.15, 0.2) is 6.10 Å². The number of nitrogens with two attached hydrogens (primary N) is 1. The predicted octanol–water partition coefficient (Wildman–Crippen LogP) is 4.13. The van der Waals surface area contributed by atoms with E-state index in [1.165, 1.54) is 0 Å². The van der Waals surface area contributed by atoms with Gasteiger partial charge in [0.25, 0.3) is 0 Å². The van der Waals surface area contributed by atoms with Gasteiger partial charge in [-0.3, -0.25) is 0 Å². The number of pyridine rings is 1. The zero-order valence-electron chi connectivity index (χ0n) is 11.8. The zero-order valence-corrected chi connectivity index (χ0v) is 14.9. The van der Waals surface area contributed by atoms with Crippen LogP contribution in [-0.4, -0.2) is 17.7 Å². The molecule has 1 unspecified atom stereocenters. The standard InChI is InChI=1S/C15H14Br2N2O3/c1-9-2-4-10(5-3-9)13(22-15(18)20)8-21-14-12(17)6-11(16)7-19-14/h2-7,13H,8H2,1H3,(H2,18,20). The number of primary amides is 1. The summed E-state index contributed by atoms with van der Waals surface area (Å²) < 4.78 is 12.3. The highest BCUT2D eigenvalue weighted by Gasteiger charge is 2.17. The van der Waals surface area contributed by atoms with E-state index in [1.54, 1.807) is 6.20 Å². The minimum atomic E-state index is -0.850. The van der Waals surface area contributed by atoms with Gasteiger partial charge in [0.1, 0.15) is 6.61 Å². The van der Waals surface area contributed by atoms with Crippen LogP contribution in [-0.2, 0) is 4.74 Å². The van der Waals surface area contributed by atoms with Crippen molar-refractivity contribution in [3.8, 4) is 5.88 Å². The number of amides is 1. The second kappa shape index (κ2) is 7.60. The van der Waals surface area contributed by atoms with Crippen LogP contribution in [0.4, 0.5) is 4.79 Å². The van der Waals surface area contributed by atoms with E-state index in [9.17, 15) is 4.79 Å². The molecule has 2 aromatic rings. The Bertz CT molecular complexity index is 662. The maximum absolute atomic E-state index is 11.1. The molecular formula is C15H14Br2N2O3. The first-order valence-electron chi connectivity index (χ1n) is 6.42. The number of aryl methyl sites for hydroxylation is 1. The number of hydrogen-bond acceptors (Lipinski definition) is 4. The highest BCUT2D eigenvalue weighted by Crippen LogP contribution is 2.27. The van der Waals surface area contributed by atoms with E-state index >= 15 is 0 Å². The van der Waals surface area contributed by atoms with Crippen molar-refractivity contribution in [1.82, 2.24) is 4.98 Å². The van der Waals surface area contributed by atoms with Gasteiger partial charge in [-0.2, -0.15) is 0 Å². The Morgan fingerprint density at radius 3 is 2.59 bits per heavy atom. The summed E-state index contributed by atoms with van der Waals surface area (Å²) in [5.74, 6) is 0.411. The molecule has 0 spiro atoms. The smallest absolute Gasteiger partial charge is 0.405 e. The molecule has 22 heavy (non-hydrogen) atoms. The molecule has 0 saturated heterocycles. The molecule has 1 amide bonds. The van der Waals surface area contributed by atoms with E-state index in [-0.39, 0.29) is 6.61 Å². The van der Waals surface area contributed by atoms with E-state index < -0.39 is 12.2 Å². The number of hydrogen-bond donors (Lipinski definition) is 1. The van der Waals surface area contributed by atoms with E-state index in [0.717, 1.165) is 15.6 Å². The molecule has 0 radical (unpaired) electrons. The first-order valence-corrected chi connectivity index (χ1v) is 8.01. The monoisotopic (exact) mass is 428 g/mol. The molecule has 1 heterocycles. The van der Waals surface area contributed by atoms with Crippen molar-refractivity contribution in [3.05, 3.63) is 56.6 Å². The molecule has 1 aromatic heterocycles. The maximum Gasteiger partial charge on any atom is 0.405 e. The lowest BCUT2D eigenvalue weighted by Crippen LogP contribution is -2.22. The minimum Gasteiger partial charge on any atom is -0.473 e. The van der Waals surface area contributed by atoms with Crippen LogP contribution >= 0.6 is 31.9 Å². The fraction of sp³-hybridized carbons (Fsp3) is 0.200. The number of ether oxygens (including phenoxy) is 2. The molecular weight excluding hydrogens is 416 g/mol. The zero-order chi connectivity index (χ0) is 16.1. The topological polar surface area (TPSA) is 74.4 Å². The fourth-order valence-electron chi connectivity index (χ4n) is 1.78. The summed E-state index contributed by atoms with van der Waals surface area (Å²) >= 11 is 6.68. The van der Waals surface area contributed by atoms with Crippen LogP contribution in [0.15, 0.2) is 45.5 Å². The summed E-state index contributed by atoms with van der Waals surface area (Å²) in [6.07, 6.45) is 0.170. The Kier molecular flexibility index (Phi) is 5.79. The van der Waals surface area contributed by atoms with Crippen LogP contribution in [0.2, 0.25) is 0 Å². The van der Waals surface area contributed by atoms with Gasteiger partial charge in [0.05, 0.1) is 4.47 Å². The summed E-state index contributed by atoms with van der Waals surface area (Å²) in [6, 6.07) is 9.42. The largest absolute Gasteiger partial charge is 0.473 e. The van der Waals surface area contributed by atoms with Crippen molar-refractivity contribution in [2.24, 2.45) is 5.73 Å². The molecule has 1 aromatic carbocycles. The second-order valence-corrected chi connectivity index (χ2v) is 6.36. The van der Waals surface area contributed by atoms with Crippen molar-refractivity contribution < 1.29 is 14.3 Å². The summed E-state index contributed by atoms with van der Waals surface area (Å²) in [6.45, 7) is 2.09. The SMILES string of the molecule is Cc1ccc(C(COc2ncc(Br)cc2Br)OC(N)=O)cc1. The number of nitrogens with zero attached hydrogens (tertiary/aromatic N) is 1. The highest BCUT2D eigenvalue weighted by molar-refractivity contribution is 9.11. The van der Waals surface area contributed by atoms with Crippen molar-refractivity contribution in [2.75, 3.05) is 6.61 Å². The Morgan fingerprint density at radius 1 is 1.32 bits per heavy atom. The van der Waals surface area contributed by atoms with Crippen LogP contribution in [0.1, 0.15) is 17.2 Å². The van der Waals surface area contributed by atoms with Crippen molar-refractivity contribution in [1.29, 1.82) is 0 Å². The first-order chi connectivity index (χ1) is 10.5. The predicted molar refractivity (Wildman–Crippen MR) is 89.7 cm³/mol. The molecule has 1 atom stereocenters. The summed E-state index contributed by atoms with van der Waals surface area (Å²) in [5.41, 5.74) is 7.05. The molecule has 0 aliphatic rings. The van der Waals surface area contributed by atoms with E-state index in [1.807, 2.05) is 37.3 Å². The third kappa shape index (κ3) is 4.71. The number of halogens is 2. The lowest BCUT2D eigenvalue weighted by molar-refractivity contribution is 0.0695. The van der Waals surface area contributed by atoms with Crippen LogP contribution in [0.5, 0.6) is 5.88 Å². The van der Waals surface area contributed by atoms with Crippen LogP contribution in [0, 0.1) is 6.92 Å². The number of aromatic nitrogens is 1.